The molecule has 0 aromatic carbocycles. The molecule has 1 aliphatic heterocycles. The van der Waals surface area contributed by atoms with E-state index >= 15 is 0 Å². The van der Waals surface area contributed by atoms with Crippen LogP contribution in [0.3, 0.4) is 0 Å². The first kappa shape index (κ1) is 5.06. The van der Waals surface area contributed by atoms with Gasteiger partial charge in [0.05, 0.1) is 19.7 Å². The van der Waals surface area contributed by atoms with Gasteiger partial charge < -0.3 is 10.4 Å². The minimum atomic E-state index is 0.385. The predicted molar refractivity (Wildman–Crippen MR) is 26.9 cm³/mol. The summed E-state index contributed by atoms with van der Waals surface area (Å²) in [6.45, 7) is 2.73. The van der Waals surface area contributed by atoms with Gasteiger partial charge >= 0.3 is 0 Å². The molecule has 0 aromatic rings. The molecule has 1 rings (SSSR count). The van der Waals surface area contributed by atoms with Crippen molar-refractivity contribution in [1.29, 1.82) is 0 Å². The predicted octanol–water partition coefficient (Wildman–Crippen LogP) is -1.44. The molecule has 1 atom stereocenters. The number of aliphatic hydroxyl groups is 1. The average Bonchev–Trinajstić information content (AvgIpc) is 2.14. The molecule has 7 heavy (non-hydrogen) atoms. The molecule has 1 fully saturated rings. The summed E-state index contributed by atoms with van der Waals surface area (Å²) in [5, 5.41) is 10.8. The van der Waals surface area contributed by atoms with Crippen molar-refractivity contribution in [2.45, 2.75) is 6.42 Å². The Morgan fingerprint density at radius 1 is 1.71 bits per heavy atom. The van der Waals surface area contributed by atoms with Gasteiger partial charge in [0.2, 0.25) is 0 Å². The van der Waals surface area contributed by atoms with Crippen LogP contribution in [0.4, 0.5) is 0 Å². The molecule has 42 valence electrons. The molecule has 0 aromatic heterocycles. The molecule has 2 heteroatoms. The zero-order valence-electron chi connectivity index (χ0n) is 4.43. The van der Waals surface area contributed by atoms with Crippen molar-refractivity contribution in [3.8, 4) is 0 Å². The molecule has 1 heterocycles. The lowest BCUT2D eigenvalue weighted by molar-refractivity contribution is -0.638. The van der Waals surface area contributed by atoms with Gasteiger partial charge in [-0.2, -0.15) is 0 Å². The summed E-state index contributed by atoms with van der Waals surface area (Å²) in [5.41, 5.74) is 0. The van der Waals surface area contributed by atoms with Crippen molar-refractivity contribution in [3.63, 3.8) is 0 Å². The van der Waals surface area contributed by atoms with Crippen molar-refractivity contribution in [2.75, 3.05) is 19.7 Å². The normalized spacial score (nSPS) is 31.3. The lowest BCUT2D eigenvalue weighted by atomic mass is 10.1. The SMILES string of the molecule is OC[C@H]1CC[NH2+]C1. The molecule has 0 spiro atoms. The van der Waals surface area contributed by atoms with Crippen LogP contribution in [0.1, 0.15) is 6.42 Å². The monoisotopic (exact) mass is 102 g/mol. The fourth-order valence-electron chi connectivity index (χ4n) is 0.991. The first-order valence-electron chi connectivity index (χ1n) is 2.86. The van der Waals surface area contributed by atoms with Crippen molar-refractivity contribution in [1.82, 2.24) is 0 Å². The molecule has 1 saturated heterocycles. The molecule has 2 nitrogen and oxygen atoms in total. The van der Waals surface area contributed by atoms with Crippen LogP contribution in [0.15, 0.2) is 0 Å². The number of aliphatic hydroxyl groups excluding tert-OH is 1. The Balaban J connectivity index is 2.14. The fraction of sp³-hybridized carbons (Fsp3) is 1.00. The molecule has 0 aliphatic carbocycles. The third-order valence-corrected chi connectivity index (χ3v) is 1.54. The molecule has 3 N–H and O–H groups in total. The molecular formula is C5H12NO+. The van der Waals surface area contributed by atoms with Gasteiger partial charge in [0.25, 0.3) is 0 Å². The van der Waals surface area contributed by atoms with Crippen LogP contribution < -0.4 is 5.32 Å². The highest BCUT2D eigenvalue weighted by molar-refractivity contribution is 4.56. The topological polar surface area (TPSA) is 36.8 Å². The largest absolute Gasteiger partial charge is 0.396 e. The zero-order chi connectivity index (χ0) is 5.11. The maximum absolute atomic E-state index is 8.55. The number of hydrogen-bond acceptors (Lipinski definition) is 1. The smallest absolute Gasteiger partial charge is 0.0808 e. The third-order valence-electron chi connectivity index (χ3n) is 1.54. The highest BCUT2D eigenvalue weighted by Crippen LogP contribution is 1.98. The standard InChI is InChI=1S/C5H11NO/c7-4-5-1-2-6-3-5/h5-7H,1-4H2/p+1/t5-/m0/s1. The highest BCUT2D eigenvalue weighted by Gasteiger charge is 2.15. The summed E-state index contributed by atoms with van der Waals surface area (Å²) in [6, 6.07) is 0. The van der Waals surface area contributed by atoms with Gasteiger partial charge in [-0.05, 0) is 0 Å². The van der Waals surface area contributed by atoms with Crippen molar-refractivity contribution >= 4 is 0 Å². The van der Waals surface area contributed by atoms with Crippen LogP contribution in [-0.4, -0.2) is 24.8 Å². The highest BCUT2D eigenvalue weighted by atomic mass is 16.3. The second-order valence-electron chi connectivity index (χ2n) is 2.15. The lowest BCUT2D eigenvalue weighted by Gasteiger charge is -1.94. The Morgan fingerprint density at radius 2 is 2.57 bits per heavy atom. The summed E-state index contributed by atoms with van der Waals surface area (Å²) >= 11 is 0. The van der Waals surface area contributed by atoms with E-state index in [1.165, 1.54) is 13.0 Å². The Labute approximate surface area is 43.5 Å². The summed E-state index contributed by atoms with van der Waals surface area (Å²) in [7, 11) is 0. The van der Waals surface area contributed by atoms with Gasteiger partial charge in [0.15, 0.2) is 0 Å². The van der Waals surface area contributed by atoms with E-state index in [-0.39, 0.29) is 0 Å². The van der Waals surface area contributed by atoms with Gasteiger partial charge in [-0.1, -0.05) is 0 Å². The molecule has 0 amide bonds. The summed E-state index contributed by atoms with van der Waals surface area (Å²) in [5.74, 6) is 0.597. The van der Waals surface area contributed by atoms with Crippen molar-refractivity contribution < 1.29 is 10.4 Å². The van der Waals surface area contributed by atoms with Crippen LogP contribution in [0.25, 0.3) is 0 Å². The molecule has 0 radical (unpaired) electrons. The van der Waals surface area contributed by atoms with Gasteiger partial charge in [-0.15, -0.1) is 0 Å². The van der Waals surface area contributed by atoms with Gasteiger partial charge in [0.1, 0.15) is 0 Å². The number of rotatable bonds is 1. The number of nitrogens with two attached hydrogens (primary N) is 1. The zero-order valence-corrected chi connectivity index (χ0v) is 4.43. The summed E-state index contributed by atoms with van der Waals surface area (Å²) in [4.78, 5) is 0. The second kappa shape index (κ2) is 2.28. The quantitative estimate of drug-likeness (QED) is 0.418. The van der Waals surface area contributed by atoms with Crippen molar-refractivity contribution in [3.05, 3.63) is 0 Å². The van der Waals surface area contributed by atoms with E-state index in [4.69, 9.17) is 5.11 Å². The molecule has 0 bridgehead atoms. The van der Waals surface area contributed by atoms with Crippen LogP contribution in [0, 0.1) is 5.92 Å². The van der Waals surface area contributed by atoms with Crippen LogP contribution in [0.2, 0.25) is 0 Å². The number of quaternary nitrogens is 1. The van der Waals surface area contributed by atoms with E-state index in [9.17, 15) is 0 Å². The Hall–Kier alpha value is -0.0800. The minimum Gasteiger partial charge on any atom is -0.396 e. The molecule has 0 unspecified atom stereocenters. The first-order valence-corrected chi connectivity index (χ1v) is 2.86. The van der Waals surface area contributed by atoms with Gasteiger partial charge in [-0.3, -0.25) is 0 Å². The van der Waals surface area contributed by atoms with E-state index in [1.807, 2.05) is 0 Å². The summed E-state index contributed by atoms with van der Waals surface area (Å²) in [6.07, 6.45) is 1.20. The van der Waals surface area contributed by atoms with E-state index in [0.717, 1.165) is 6.54 Å². The summed E-state index contributed by atoms with van der Waals surface area (Å²) < 4.78 is 0. The van der Waals surface area contributed by atoms with E-state index in [2.05, 4.69) is 5.32 Å². The van der Waals surface area contributed by atoms with E-state index in [0.29, 0.717) is 12.5 Å². The Morgan fingerprint density at radius 3 is 2.86 bits per heavy atom. The lowest BCUT2D eigenvalue weighted by Crippen LogP contribution is -2.81. The van der Waals surface area contributed by atoms with Gasteiger partial charge in [-0.25, -0.2) is 0 Å². The number of hydrogen-bond donors (Lipinski definition) is 2. The van der Waals surface area contributed by atoms with Crippen LogP contribution >= 0.6 is 0 Å². The maximum atomic E-state index is 8.55. The van der Waals surface area contributed by atoms with Gasteiger partial charge in [0, 0.05) is 12.3 Å². The van der Waals surface area contributed by atoms with Crippen molar-refractivity contribution in [2.24, 2.45) is 5.92 Å². The molecule has 1 aliphatic rings. The Bertz CT molecular complexity index is 50.0. The Kier molecular flexibility index (Phi) is 1.65. The third kappa shape index (κ3) is 1.14. The second-order valence-corrected chi connectivity index (χ2v) is 2.15. The van der Waals surface area contributed by atoms with E-state index in [1.54, 1.807) is 0 Å². The average molecular weight is 102 g/mol. The molecule has 0 saturated carbocycles. The van der Waals surface area contributed by atoms with E-state index < -0.39 is 0 Å². The molecular weight excluding hydrogens is 90.1 g/mol. The maximum Gasteiger partial charge on any atom is 0.0808 e. The first-order chi connectivity index (χ1) is 3.43. The minimum absolute atomic E-state index is 0.385. The van der Waals surface area contributed by atoms with Crippen LogP contribution in [0.5, 0.6) is 0 Å². The fourth-order valence-corrected chi connectivity index (χ4v) is 0.991. The van der Waals surface area contributed by atoms with Crippen LogP contribution in [-0.2, 0) is 0 Å².